The first kappa shape index (κ1) is 27.0. The van der Waals surface area contributed by atoms with E-state index in [-0.39, 0.29) is 23.8 Å². The summed E-state index contributed by atoms with van der Waals surface area (Å²) in [5.41, 5.74) is -3.57. The normalized spacial score (nSPS) is 28.4. The summed E-state index contributed by atoms with van der Waals surface area (Å²) in [6.07, 6.45) is -3.72. The molecule has 204 valence electrons. The molecule has 0 aliphatic carbocycles. The second-order valence-electron chi connectivity index (χ2n) is 10.3. The molecular formula is C27H24F3N3O5S. The van der Waals surface area contributed by atoms with Gasteiger partial charge in [-0.1, -0.05) is 0 Å². The van der Waals surface area contributed by atoms with E-state index in [1.807, 2.05) is 0 Å². The summed E-state index contributed by atoms with van der Waals surface area (Å²) in [6, 6.07) is 10.8. The van der Waals surface area contributed by atoms with Gasteiger partial charge in [-0.05, 0) is 68.7 Å². The Bertz CT molecular complexity index is 1450. The van der Waals surface area contributed by atoms with Gasteiger partial charge < -0.3 is 10.1 Å². The third-order valence-corrected chi connectivity index (χ3v) is 9.22. The number of imide groups is 1. The number of nitriles is 1. The molecule has 3 amide bonds. The van der Waals surface area contributed by atoms with Crippen LogP contribution in [0.4, 0.5) is 24.5 Å². The third kappa shape index (κ3) is 4.43. The third-order valence-electron chi connectivity index (χ3n) is 7.85. The largest absolute Gasteiger partial charge is 0.417 e. The summed E-state index contributed by atoms with van der Waals surface area (Å²) in [7, 11) is -1.47. The Kier molecular flexibility index (Phi) is 6.43. The molecule has 3 aliphatic rings. The van der Waals surface area contributed by atoms with Crippen LogP contribution in [0.1, 0.15) is 44.2 Å². The number of ether oxygens (including phenoxy) is 1. The number of halogens is 3. The monoisotopic (exact) mass is 559 g/mol. The zero-order valence-electron chi connectivity index (χ0n) is 21.0. The number of carbonyl (C=O) groups excluding carboxylic acids is 3. The van der Waals surface area contributed by atoms with Crippen LogP contribution in [0.5, 0.6) is 0 Å². The number of hydrogen-bond acceptors (Lipinski definition) is 6. The molecule has 3 fully saturated rings. The SMILES string of the molecule is CC(=O)Nc1ccc(S(=O)CC[C@@]23CC[C@@](C)(O2)[C@@H]2C(=O)N(c4ccc(C#N)c(C(F)(F)F)c4)C(=O)[C@@H]23)cc1. The number of amides is 3. The summed E-state index contributed by atoms with van der Waals surface area (Å²) in [6.45, 7) is 3.11. The van der Waals surface area contributed by atoms with E-state index in [1.54, 1.807) is 31.2 Å². The highest BCUT2D eigenvalue weighted by molar-refractivity contribution is 7.85. The van der Waals surface area contributed by atoms with Crippen molar-refractivity contribution in [2.75, 3.05) is 16.0 Å². The number of anilines is 2. The molecule has 0 aromatic heterocycles. The highest BCUT2D eigenvalue weighted by Gasteiger charge is 2.73. The fourth-order valence-corrected chi connectivity index (χ4v) is 7.35. The average molecular weight is 560 g/mol. The molecule has 12 heteroatoms. The van der Waals surface area contributed by atoms with Crippen molar-refractivity contribution < 1.29 is 36.5 Å². The fourth-order valence-electron chi connectivity index (χ4n) is 6.14. The Morgan fingerprint density at radius 3 is 2.44 bits per heavy atom. The number of benzene rings is 2. The molecule has 5 rings (SSSR count). The lowest BCUT2D eigenvalue weighted by Crippen LogP contribution is -2.43. The van der Waals surface area contributed by atoms with E-state index in [0.29, 0.717) is 29.5 Å². The molecule has 2 bridgehead atoms. The molecule has 0 radical (unpaired) electrons. The molecule has 2 aromatic rings. The number of rotatable bonds is 6. The Hall–Kier alpha value is -3.56. The van der Waals surface area contributed by atoms with Crippen molar-refractivity contribution in [2.24, 2.45) is 11.8 Å². The molecule has 0 saturated carbocycles. The molecule has 3 aliphatic heterocycles. The van der Waals surface area contributed by atoms with Gasteiger partial charge in [0.2, 0.25) is 17.7 Å². The van der Waals surface area contributed by atoms with Crippen LogP contribution in [0.2, 0.25) is 0 Å². The van der Waals surface area contributed by atoms with Crippen molar-refractivity contribution in [3.8, 4) is 6.07 Å². The van der Waals surface area contributed by atoms with Gasteiger partial charge in [-0.2, -0.15) is 18.4 Å². The minimum Gasteiger partial charge on any atom is -0.367 e. The maximum Gasteiger partial charge on any atom is 0.417 e. The van der Waals surface area contributed by atoms with Crippen molar-refractivity contribution in [3.63, 3.8) is 0 Å². The molecular weight excluding hydrogens is 535 g/mol. The summed E-state index contributed by atoms with van der Waals surface area (Å²) >= 11 is 0. The summed E-state index contributed by atoms with van der Waals surface area (Å²) in [5, 5.41) is 11.7. The van der Waals surface area contributed by atoms with Crippen LogP contribution in [0.25, 0.3) is 0 Å². The smallest absolute Gasteiger partial charge is 0.367 e. The molecule has 3 saturated heterocycles. The quantitative estimate of drug-likeness (QED) is 0.532. The van der Waals surface area contributed by atoms with Crippen LogP contribution in [-0.4, -0.2) is 38.9 Å². The molecule has 5 atom stereocenters. The summed E-state index contributed by atoms with van der Waals surface area (Å²) < 4.78 is 60.1. The first-order valence-corrected chi connectivity index (χ1v) is 13.6. The second kappa shape index (κ2) is 9.27. The number of nitrogens with one attached hydrogen (secondary N) is 1. The van der Waals surface area contributed by atoms with Gasteiger partial charge >= 0.3 is 6.18 Å². The fraction of sp³-hybridized carbons (Fsp3) is 0.407. The molecule has 1 unspecified atom stereocenters. The first-order chi connectivity index (χ1) is 18.3. The van der Waals surface area contributed by atoms with Crippen LogP contribution >= 0.6 is 0 Å². The number of carbonyl (C=O) groups is 3. The van der Waals surface area contributed by atoms with Gasteiger partial charge in [0, 0.05) is 23.3 Å². The van der Waals surface area contributed by atoms with E-state index in [9.17, 15) is 31.8 Å². The Morgan fingerprint density at radius 2 is 1.82 bits per heavy atom. The van der Waals surface area contributed by atoms with Gasteiger partial charge in [-0.25, -0.2) is 4.90 Å². The summed E-state index contributed by atoms with van der Waals surface area (Å²) in [4.78, 5) is 39.7. The Morgan fingerprint density at radius 1 is 1.15 bits per heavy atom. The van der Waals surface area contributed by atoms with Crippen LogP contribution in [-0.2, 0) is 36.1 Å². The van der Waals surface area contributed by atoms with E-state index in [2.05, 4.69) is 5.32 Å². The minimum atomic E-state index is -4.84. The molecule has 1 N–H and O–H groups in total. The van der Waals surface area contributed by atoms with Gasteiger partial charge in [0.1, 0.15) is 0 Å². The Labute approximate surface area is 224 Å². The zero-order valence-corrected chi connectivity index (χ0v) is 21.8. The molecule has 8 nitrogen and oxygen atoms in total. The van der Waals surface area contributed by atoms with E-state index in [4.69, 9.17) is 10.00 Å². The van der Waals surface area contributed by atoms with Crippen LogP contribution in [0, 0.1) is 23.2 Å². The predicted octanol–water partition coefficient (Wildman–Crippen LogP) is 4.16. The van der Waals surface area contributed by atoms with Crippen molar-refractivity contribution in [1.82, 2.24) is 0 Å². The summed E-state index contributed by atoms with van der Waals surface area (Å²) in [5.74, 6) is -3.20. The molecule has 3 heterocycles. The van der Waals surface area contributed by atoms with Crippen molar-refractivity contribution in [2.45, 2.75) is 55.4 Å². The van der Waals surface area contributed by atoms with E-state index < -0.39 is 63.0 Å². The van der Waals surface area contributed by atoms with Gasteiger partial charge in [0.05, 0.1) is 56.7 Å². The van der Waals surface area contributed by atoms with E-state index in [0.717, 1.165) is 11.0 Å². The maximum atomic E-state index is 13.7. The van der Waals surface area contributed by atoms with Crippen molar-refractivity contribution in [3.05, 3.63) is 53.6 Å². The lowest BCUT2D eigenvalue weighted by molar-refractivity contribution is -0.138. The number of nitrogens with zero attached hydrogens (tertiary/aromatic N) is 2. The zero-order chi connectivity index (χ0) is 28.3. The lowest BCUT2D eigenvalue weighted by atomic mass is 9.67. The number of hydrogen-bond donors (Lipinski definition) is 1. The van der Waals surface area contributed by atoms with Gasteiger partial charge in [-0.15, -0.1) is 0 Å². The minimum absolute atomic E-state index is 0.134. The highest BCUT2D eigenvalue weighted by atomic mass is 32.2. The highest BCUT2D eigenvalue weighted by Crippen LogP contribution is 2.62. The van der Waals surface area contributed by atoms with Gasteiger partial charge in [-0.3, -0.25) is 18.6 Å². The standard InChI is InChI=1S/C27H24F3N3O5S/c1-15(34)32-17-4-7-19(8-5-17)39(37)12-11-26-10-9-25(2,38-26)21-22(26)24(36)33(23(21)35)18-6-3-16(14-31)20(13-18)27(28,29)30/h3-8,13,21-22H,9-12H2,1-2H3,(H,32,34)/t21-,22+,25+,26+,39?/m0/s1. The number of alkyl halides is 3. The second-order valence-corrected chi connectivity index (χ2v) is 11.9. The topological polar surface area (TPSA) is 117 Å². The predicted molar refractivity (Wildman–Crippen MR) is 134 cm³/mol. The van der Waals surface area contributed by atoms with Crippen molar-refractivity contribution in [1.29, 1.82) is 5.26 Å². The molecule has 0 spiro atoms. The van der Waals surface area contributed by atoms with E-state index in [1.165, 1.54) is 19.1 Å². The van der Waals surface area contributed by atoms with E-state index >= 15 is 0 Å². The van der Waals surface area contributed by atoms with Crippen molar-refractivity contribution >= 4 is 39.9 Å². The maximum absolute atomic E-state index is 13.7. The lowest BCUT2D eigenvalue weighted by Gasteiger charge is -2.31. The van der Waals surface area contributed by atoms with Crippen LogP contribution in [0.3, 0.4) is 0 Å². The molecule has 2 aromatic carbocycles. The number of fused-ring (bicyclic) bond motifs is 5. The Balaban J connectivity index is 1.40. The van der Waals surface area contributed by atoms with Crippen LogP contribution in [0.15, 0.2) is 47.4 Å². The van der Waals surface area contributed by atoms with Crippen LogP contribution < -0.4 is 10.2 Å². The van der Waals surface area contributed by atoms with Gasteiger partial charge in [0.25, 0.3) is 0 Å². The first-order valence-electron chi connectivity index (χ1n) is 12.2. The average Bonchev–Trinajstić information content (AvgIpc) is 3.46. The molecule has 39 heavy (non-hydrogen) atoms. The van der Waals surface area contributed by atoms with Gasteiger partial charge in [0.15, 0.2) is 0 Å².